The van der Waals surface area contributed by atoms with E-state index in [1.807, 2.05) is 64.6 Å². The molecule has 0 aliphatic rings. The minimum Gasteiger partial charge on any atom is -0.424 e. The maximum atomic E-state index is 11.7. The highest BCUT2D eigenvalue weighted by atomic mass is 16.5. The molecule has 3 heterocycles. The van der Waals surface area contributed by atoms with Gasteiger partial charge in [-0.1, -0.05) is 42.5 Å². The summed E-state index contributed by atoms with van der Waals surface area (Å²) in [4.78, 5) is 21.4. The van der Waals surface area contributed by atoms with Crippen LogP contribution in [0.4, 0.5) is 0 Å². The third-order valence-corrected chi connectivity index (χ3v) is 4.84. The molecule has 0 amide bonds. The summed E-state index contributed by atoms with van der Waals surface area (Å²) in [5, 5.41) is 0.743. The van der Waals surface area contributed by atoms with Gasteiger partial charge in [-0.25, -0.2) is 9.97 Å². The van der Waals surface area contributed by atoms with Crippen LogP contribution in [0, 0.1) is 6.92 Å². The Bertz CT molecular complexity index is 1350. The Hall–Kier alpha value is -3.67. The largest absolute Gasteiger partial charge is 0.424 e. The van der Waals surface area contributed by atoms with Gasteiger partial charge in [-0.3, -0.25) is 9.20 Å². The molecule has 6 nitrogen and oxygen atoms in total. The highest BCUT2D eigenvalue weighted by Crippen LogP contribution is 2.33. The average Bonchev–Trinajstić information content (AvgIpc) is 3.21. The van der Waals surface area contributed by atoms with E-state index in [0.717, 1.165) is 39.1 Å². The molecular weight excluding hydrogens is 352 g/mol. The number of aromatic nitrogens is 4. The number of imidazole rings is 1. The van der Waals surface area contributed by atoms with Crippen LogP contribution in [0.5, 0.6) is 5.75 Å². The summed E-state index contributed by atoms with van der Waals surface area (Å²) in [6, 6.07) is 18.1. The van der Waals surface area contributed by atoms with Gasteiger partial charge in [0.15, 0.2) is 11.4 Å². The molecule has 0 saturated heterocycles. The fraction of sp³-hybridized carbons (Fsp3) is 0.136. The van der Waals surface area contributed by atoms with Gasteiger partial charge in [-0.2, -0.15) is 0 Å². The van der Waals surface area contributed by atoms with E-state index in [1.54, 1.807) is 0 Å². The van der Waals surface area contributed by atoms with Crippen molar-refractivity contribution in [2.75, 3.05) is 0 Å². The van der Waals surface area contributed by atoms with Crippen LogP contribution in [0.25, 0.3) is 27.7 Å². The highest BCUT2D eigenvalue weighted by molar-refractivity contribution is 6.00. The van der Waals surface area contributed by atoms with Gasteiger partial charge in [0.2, 0.25) is 0 Å². The predicted molar refractivity (Wildman–Crippen MR) is 108 cm³/mol. The minimum absolute atomic E-state index is 0.367. The SMILES string of the molecule is CC(=O)Oc1cn(Cc2ccccc2)c2nc(C)n3c4ccccc4nc3c12. The predicted octanol–water partition coefficient (Wildman–Crippen LogP) is 4.12. The molecule has 3 aromatic heterocycles. The number of fused-ring (bicyclic) bond motifs is 5. The second-order valence-electron chi connectivity index (χ2n) is 6.82. The fourth-order valence-corrected chi connectivity index (χ4v) is 3.71. The molecule has 0 N–H and O–H groups in total. The fourth-order valence-electron chi connectivity index (χ4n) is 3.71. The Kier molecular flexibility index (Phi) is 3.65. The van der Waals surface area contributed by atoms with Crippen molar-refractivity contribution in [2.45, 2.75) is 20.4 Å². The second kappa shape index (κ2) is 6.20. The van der Waals surface area contributed by atoms with E-state index in [-0.39, 0.29) is 5.97 Å². The number of carbonyl (C=O) groups excluding carboxylic acids is 1. The van der Waals surface area contributed by atoms with Crippen molar-refractivity contribution in [3.05, 3.63) is 72.2 Å². The zero-order valence-electron chi connectivity index (χ0n) is 15.6. The number of nitrogens with zero attached hydrogens (tertiary/aromatic N) is 4. The molecule has 0 fully saturated rings. The molecule has 2 aromatic carbocycles. The van der Waals surface area contributed by atoms with Crippen LogP contribution in [0.3, 0.4) is 0 Å². The summed E-state index contributed by atoms with van der Waals surface area (Å²) in [7, 11) is 0. The lowest BCUT2D eigenvalue weighted by molar-refractivity contribution is -0.131. The van der Waals surface area contributed by atoms with Crippen molar-refractivity contribution in [3.8, 4) is 5.75 Å². The van der Waals surface area contributed by atoms with Gasteiger partial charge < -0.3 is 9.30 Å². The molecule has 5 rings (SSSR count). The lowest BCUT2D eigenvalue weighted by Gasteiger charge is -2.07. The zero-order valence-corrected chi connectivity index (χ0v) is 15.6. The van der Waals surface area contributed by atoms with Gasteiger partial charge in [0.1, 0.15) is 16.9 Å². The van der Waals surface area contributed by atoms with Crippen molar-refractivity contribution in [1.82, 2.24) is 18.9 Å². The summed E-state index contributed by atoms with van der Waals surface area (Å²) >= 11 is 0. The number of rotatable bonds is 3. The first-order valence-corrected chi connectivity index (χ1v) is 9.11. The summed E-state index contributed by atoms with van der Waals surface area (Å²) in [5.74, 6) is 0.942. The van der Waals surface area contributed by atoms with E-state index in [0.29, 0.717) is 12.3 Å². The molecule has 0 aliphatic carbocycles. The van der Waals surface area contributed by atoms with E-state index < -0.39 is 0 Å². The van der Waals surface area contributed by atoms with E-state index in [4.69, 9.17) is 14.7 Å². The van der Waals surface area contributed by atoms with Crippen LogP contribution in [0.15, 0.2) is 60.8 Å². The molecule has 0 atom stereocenters. The van der Waals surface area contributed by atoms with Crippen LogP contribution in [0.1, 0.15) is 18.3 Å². The molecule has 5 aromatic rings. The molecule has 6 heteroatoms. The summed E-state index contributed by atoms with van der Waals surface area (Å²) in [6.07, 6.45) is 1.84. The maximum Gasteiger partial charge on any atom is 0.308 e. The molecule has 0 unspecified atom stereocenters. The zero-order chi connectivity index (χ0) is 19.3. The van der Waals surface area contributed by atoms with Gasteiger partial charge in [0.05, 0.1) is 11.0 Å². The van der Waals surface area contributed by atoms with E-state index in [9.17, 15) is 4.79 Å². The third kappa shape index (κ3) is 2.53. The normalized spacial score (nSPS) is 11.5. The summed E-state index contributed by atoms with van der Waals surface area (Å²) < 4.78 is 9.56. The Balaban J connectivity index is 1.84. The molecule has 0 bridgehead atoms. The van der Waals surface area contributed by atoms with E-state index >= 15 is 0 Å². The highest BCUT2D eigenvalue weighted by Gasteiger charge is 2.20. The Labute approximate surface area is 161 Å². The smallest absolute Gasteiger partial charge is 0.308 e. The van der Waals surface area contributed by atoms with Crippen LogP contribution in [-0.4, -0.2) is 24.9 Å². The average molecular weight is 370 g/mol. The molecule has 0 saturated carbocycles. The monoisotopic (exact) mass is 370 g/mol. The van der Waals surface area contributed by atoms with Crippen molar-refractivity contribution >= 4 is 33.7 Å². The Morgan fingerprint density at radius 3 is 2.54 bits per heavy atom. The van der Waals surface area contributed by atoms with Gasteiger partial charge in [-0.05, 0) is 24.6 Å². The van der Waals surface area contributed by atoms with Gasteiger partial charge in [0, 0.05) is 19.7 Å². The lowest BCUT2D eigenvalue weighted by atomic mass is 10.2. The van der Waals surface area contributed by atoms with Crippen LogP contribution in [0.2, 0.25) is 0 Å². The third-order valence-electron chi connectivity index (χ3n) is 4.84. The molecule has 0 spiro atoms. The number of ether oxygens (including phenoxy) is 1. The Morgan fingerprint density at radius 1 is 1.00 bits per heavy atom. The van der Waals surface area contributed by atoms with Crippen molar-refractivity contribution < 1.29 is 9.53 Å². The lowest BCUT2D eigenvalue weighted by Crippen LogP contribution is -2.02. The molecule has 0 radical (unpaired) electrons. The number of hydrogen-bond donors (Lipinski definition) is 0. The molecule has 28 heavy (non-hydrogen) atoms. The standard InChI is InChI=1S/C22H18N4O2/c1-14-23-21-20(22-24-17-10-6-7-11-18(17)26(14)22)19(28-15(2)27)13-25(21)12-16-8-4-3-5-9-16/h3-11,13H,12H2,1-2H3. The molecular formula is C22H18N4O2. The Morgan fingerprint density at radius 2 is 1.75 bits per heavy atom. The summed E-state index contributed by atoms with van der Waals surface area (Å²) in [5.41, 5.74) is 4.49. The van der Waals surface area contributed by atoms with Crippen molar-refractivity contribution in [3.63, 3.8) is 0 Å². The maximum absolute atomic E-state index is 11.7. The number of aryl methyl sites for hydroxylation is 1. The van der Waals surface area contributed by atoms with Gasteiger partial charge >= 0.3 is 5.97 Å². The van der Waals surface area contributed by atoms with Crippen LogP contribution < -0.4 is 4.74 Å². The van der Waals surface area contributed by atoms with E-state index in [2.05, 4.69) is 12.1 Å². The second-order valence-corrected chi connectivity index (χ2v) is 6.82. The van der Waals surface area contributed by atoms with Gasteiger partial charge in [-0.15, -0.1) is 0 Å². The van der Waals surface area contributed by atoms with Gasteiger partial charge in [0.25, 0.3) is 0 Å². The molecule has 0 aliphatic heterocycles. The first-order valence-electron chi connectivity index (χ1n) is 9.11. The quantitative estimate of drug-likeness (QED) is 0.448. The topological polar surface area (TPSA) is 61.4 Å². The number of carbonyl (C=O) groups is 1. The van der Waals surface area contributed by atoms with E-state index in [1.165, 1.54) is 6.92 Å². The number of benzene rings is 2. The first kappa shape index (κ1) is 16.5. The minimum atomic E-state index is -0.367. The number of esters is 1. The number of hydrogen-bond acceptors (Lipinski definition) is 4. The first-order chi connectivity index (χ1) is 13.6. The number of para-hydroxylation sites is 2. The van der Waals surface area contributed by atoms with Crippen molar-refractivity contribution in [1.29, 1.82) is 0 Å². The van der Waals surface area contributed by atoms with Crippen LogP contribution in [-0.2, 0) is 11.3 Å². The summed E-state index contributed by atoms with van der Waals surface area (Å²) in [6.45, 7) is 3.99. The van der Waals surface area contributed by atoms with Crippen LogP contribution >= 0.6 is 0 Å². The molecule has 138 valence electrons. The van der Waals surface area contributed by atoms with Crippen molar-refractivity contribution in [2.24, 2.45) is 0 Å².